The number of aromatic nitrogens is 1. The van der Waals surface area contributed by atoms with Crippen LogP contribution in [0.3, 0.4) is 0 Å². The molecule has 1 aromatic heterocycles. The molecule has 164 valence electrons. The van der Waals surface area contributed by atoms with E-state index in [9.17, 15) is 8.42 Å². The average molecular weight is 458 g/mol. The van der Waals surface area contributed by atoms with Gasteiger partial charge in [0.2, 0.25) is 10.0 Å². The molecule has 0 unspecified atom stereocenters. The summed E-state index contributed by atoms with van der Waals surface area (Å²) in [6.45, 7) is 5.18. The molecule has 2 heterocycles. The van der Waals surface area contributed by atoms with Gasteiger partial charge in [-0.15, -0.1) is 11.3 Å². The molecular weight excluding hydrogens is 430 g/mol. The van der Waals surface area contributed by atoms with Crippen LogP contribution in [0.1, 0.15) is 17.5 Å². The lowest BCUT2D eigenvalue weighted by Gasteiger charge is -2.33. The molecule has 0 saturated carbocycles. The third-order valence-electron chi connectivity index (χ3n) is 5.60. The largest absolute Gasteiger partial charge is 0.497 e. The monoisotopic (exact) mass is 457 g/mol. The molecule has 3 aromatic rings. The van der Waals surface area contributed by atoms with E-state index in [1.165, 1.54) is 0 Å². The SMILES string of the molecule is CCc1ccc(S(=O)(=O)N2CCN(Cc3nc(-c4ccc(OC)cc4)cs3)CC2)cc1. The van der Waals surface area contributed by atoms with E-state index in [1.54, 1.807) is 34.9 Å². The Bertz CT molecular complexity index is 1100. The summed E-state index contributed by atoms with van der Waals surface area (Å²) in [6.07, 6.45) is 0.899. The summed E-state index contributed by atoms with van der Waals surface area (Å²) in [5.41, 5.74) is 3.16. The van der Waals surface area contributed by atoms with Crippen molar-refractivity contribution in [1.82, 2.24) is 14.2 Å². The summed E-state index contributed by atoms with van der Waals surface area (Å²) in [4.78, 5) is 7.41. The highest BCUT2D eigenvalue weighted by Gasteiger charge is 2.28. The van der Waals surface area contributed by atoms with Crippen molar-refractivity contribution in [3.05, 3.63) is 64.5 Å². The standard InChI is InChI=1S/C23H27N3O3S2/c1-3-18-4-10-21(11-5-18)31(27,28)26-14-12-25(13-15-26)16-23-24-22(17-30-23)19-6-8-20(29-2)9-7-19/h4-11,17H,3,12-16H2,1-2H3. The number of ether oxygens (including phenoxy) is 1. The second-order valence-corrected chi connectivity index (χ2v) is 10.4. The molecule has 4 rings (SSSR count). The van der Waals surface area contributed by atoms with Crippen molar-refractivity contribution in [1.29, 1.82) is 0 Å². The minimum Gasteiger partial charge on any atom is -0.497 e. The number of sulfonamides is 1. The maximum Gasteiger partial charge on any atom is 0.243 e. The second kappa shape index (κ2) is 9.48. The summed E-state index contributed by atoms with van der Waals surface area (Å²) in [5, 5.41) is 3.11. The van der Waals surface area contributed by atoms with Gasteiger partial charge in [-0.05, 0) is 48.4 Å². The van der Waals surface area contributed by atoms with E-state index in [1.807, 2.05) is 36.4 Å². The zero-order valence-electron chi connectivity index (χ0n) is 17.8. The van der Waals surface area contributed by atoms with Gasteiger partial charge in [0.1, 0.15) is 10.8 Å². The Hall–Kier alpha value is -2.26. The van der Waals surface area contributed by atoms with Gasteiger partial charge in [0, 0.05) is 37.1 Å². The molecule has 31 heavy (non-hydrogen) atoms. The lowest BCUT2D eigenvalue weighted by molar-refractivity contribution is 0.181. The molecule has 8 heteroatoms. The molecule has 0 radical (unpaired) electrons. The van der Waals surface area contributed by atoms with Gasteiger partial charge in [-0.25, -0.2) is 13.4 Å². The molecule has 1 fully saturated rings. The second-order valence-electron chi connectivity index (χ2n) is 7.53. The molecule has 1 aliphatic rings. The highest BCUT2D eigenvalue weighted by molar-refractivity contribution is 7.89. The first-order valence-electron chi connectivity index (χ1n) is 10.4. The summed E-state index contributed by atoms with van der Waals surface area (Å²) < 4.78 is 32.7. The topological polar surface area (TPSA) is 62.7 Å². The first kappa shape index (κ1) is 22.0. The number of methoxy groups -OCH3 is 1. The molecule has 1 saturated heterocycles. The number of benzene rings is 2. The fourth-order valence-corrected chi connectivity index (χ4v) is 5.91. The van der Waals surface area contributed by atoms with E-state index in [0.717, 1.165) is 40.5 Å². The van der Waals surface area contributed by atoms with Crippen LogP contribution in [0.25, 0.3) is 11.3 Å². The average Bonchev–Trinajstić information content (AvgIpc) is 3.28. The van der Waals surface area contributed by atoms with Gasteiger partial charge in [-0.3, -0.25) is 4.90 Å². The molecule has 2 aromatic carbocycles. The third-order valence-corrected chi connectivity index (χ3v) is 8.34. The number of thiazole rings is 1. The number of hydrogen-bond acceptors (Lipinski definition) is 6. The number of aryl methyl sites for hydroxylation is 1. The molecule has 0 spiro atoms. The number of piperazine rings is 1. The normalized spacial score (nSPS) is 15.8. The molecule has 0 aliphatic carbocycles. The van der Waals surface area contributed by atoms with Crippen LogP contribution >= 0.6 is 11.3 Å². The fourth-order valence-electron chi connectivity index (χ4n) is 3.64. The Morgan fingerprint density at radius 1 is 1.00 bits per heavy atom. The minimum absolute atomic E-state index is 0.377. The first-order chi connectivity index (χ1) is 15.0. The van der Waals surface area contributed by atoms with Crippen molar-refractivity contribution in [2.24, 2.45) is 0 Å². The highest BCUT2D eigenvalue weighted by Crippen LogP contribution is 2.25. The fraction of sp³-hybridized carbons (Fsp3) is 0.348. The van der Waals surface area contributed by atoms with E-state index in [4.69, 9.17) is 9.72 Å². The van der Waals surface area contributed by atoms with E-state index in [2.05, 4.69) is 17.2 Å². The van der Waals surface area contributed by atoms with E-state index in [-0.39, 0.29) is 0 Å². The third kappa shape index (κ3) is 4.98. The maximum absolute atomic E-state index is 12.9. The number of hydrogen-bond donors (Lipinski definition) is 0. The van der Waals surface area contributed by atoms with Gasteiger partial charge in [0.15, 0.2) is 0 Å². The van der Waals surface area contributed by atoms with Gasteiger partial charge in [-0.2, -0.15) is 4.31 Å². The Labute approximate surface area is 188 Å². The van der Waals surface area contributed by atoms with E-state index in [0.29, 0.717) is 31.1 Å². The lowest BCUT2D eigenvalue weighted by Crippen LogP contribution is -2.48. The van der Waals surface area contributed by atoms with Gasteiger partial charge < -0.3 is 4.74 Å². The highest BCUT2D eigenvalue weighted by atomic mass is 32.2. The maximum atomic E-state index is 12.9. The Morgan fingerprint density at radius 3 is 2.29 bits per heavy atom. The molecule has 0 amide bonds. The van der Waals surface area contributed by atoms with Gasteiger partial charge >= 0.3 is 0 Å². The predicted molar refractivity (Wildman–Crippen MR) is 124 cm³/mol. The van der Waals surface area contributed by atoms with Crippen LogP contribution in [-0.2, 0) is 23.0 Å². The van der Waals surface area contributed by atoms with Crippen molar-refractivity contribution in [2.45, 2.75) is 24.8 Å². The Balaban J connectivity index is 1.35. The van der Waals surface area contributed by atoms with Gasteiger partial charge in [0.25, 0.3) is 0 Å². The molecule has 1 aliphatic heterocycles. The zero-order valence-corrected chi connectivity index (χ0v) is 19.5. The summed E-state index contributed by atoms with van der Waals surface area (Å²) in [6, 6.07) is 15.1. The lowest BCUT2D eigenvalue weighted by atomic mass is 10.2. The minimum atomic E-state index is -3.44. The van der Waals surface area contributed by atoms with Crippen molar-refractivity contribution >= 4 is 21.4 Å². The summed E-state index contributed by atoms with van der Waals surface area (Å²) in [7, 11) is -1.78. The number of nitrogens with zero attached hydrogens (tertiary/aromatic N) is 3. The van der Waals surface area contributed by atoms with Gasteiger partial charge in [-0.1, -0.05) is 19.1 Å². The van der Waals surface area contributed by atoms with Crippen LogP contribution in [0.4, 0.5) is 0 Å². The van der Waals surface area contributed by atoms with Crippen LogP contribution in [0.5, 0.6) is 5.75 Å². The Morgan fingerprint density at radius 2 is 1.68 bits per heavy atom. The molecule has 0 atom stereocenters. The van der Waals surface area contributed by atoms with Crippen LogP contribution in [0.2, 0.25) is 0 Å². The van der Waals surface area contributed by atoms with Gasteiger partial charge in [0.05, 0.1) is 24.2 Å². The van der Waals surface area contributed by atoms with Crippen LogP contribution in [0, 0.1) is 0 Å². The van der Waals surface area contributed by atoms with Crippen molar-refractivity contribution in [3.8, 4) is 17.0 Å². The van der Waals surface area contributed by atoms with Crippen LogP contribution < -0.4 is 4.74 Å². The van der Waals surface area contributed by atoms with Crippen LogP contribution in [0.15, 0.2) is 58.8 Å². The van der Waals surface area contributed by atoms with Crippen molar-refractivity contribution in [2.75, 3.05) is 33.3 Å². The number of rotatable bonds is 7. The quantitative estimate of drug-likeness (QED) is 0.539. The first-order valence-corrected chi connectivity index (χ1v) is 12.7. The smallest absolute Gasteiger partial charge is 0.243 e. The summed E-state index contributed by atoms with van der Waals surface area (Å²) >= 11 is 1.64. The molecular formula is C23H27N3O3S2. The van der Waals surface area contributed by atoms with Crippen LogP contribution in [-0.4, -0.2) is 55.9 Å². The molecule has 0 N–H and O–H groups in total. The zero-order chi connectivity index (χ0) is 21.8. The molecule has 6 nitrogen and oxygen atoms in total. The van der Waals surface area contributed by atoms with E-state index >= 15 is 0 Å². The van der Waals surface area contributed by atoms with Crippen molar-refractivity contribution in [3.63, 3.8) is 0 Å². The van der Waals surface area contributed by atoms with E-state index < -0.39 is 10.0 Å². The molecule has 0 bridgehead atoms. The van der Waals surface area contributed by atoms with Crippen molar-refractivity contribution < 1.29 is 13.2 Å². The summed E-state index contributed by atoms with van der Waals surface area (Å²) in [5.74, 6) is 0.827. The predicted octanol–water partition coefficient (Wildman–Crippen LogP) is 3.89. The Kier molecular flexibility index (Phi) is 6.71.